The summed E-state index contributed by atoms with van der Waals surface area (Å²) in [7, 11) is 3.02. The SMILES string of the molecule is CCc1c(OC)cc(C(=O)N2CCC(CCN3CCC(C(=O)c4nc5ccccc5[nH]4)CC3)(c3ccc(Cl)c(Cl)c3)C2)c(OC(C)=O)c1OC. The molecule has 2 saturated heterocycles. The molecule has 12 heteroatoms. The Morgan fingerprint density at radius 1 is 0.980 bits per heavy atom. The summed E-state index contributed by atoms with van der Waals surface area (Å²) < 4.78 is 16.9. The fraction of sp³-hybridized carbons (Fsp3) is 0.421. The van der Waals surface area contributed by atoms with Crippen LogP contribution in [0.1, 0.15) is 71.6 Å². The number of carbonyl (C=O) groups excluding carboxylic acids is 3. The van der Waals surface area contributed by atoms with E-state index in [1.807, 2.05) is 43.3 Å². The number of Topliss-reactive ketones (excluding diaryl/α,β-unsaturated/α-hetero) is 1. The van der Waals surface area contributed by atoms with Gasteiger partial charge in [0.25, 0.3) is 5.91 Å². The van der Waals surface area contributed by atoms with Crippen molar-refractivity contribution in [2.75, 3.05) is 46.9 Å². The van der Waals surface area contributed by atoms with Gasteiger partial charge >= 0.3 is 5.97 Å². The number of fused-ring (bicyclic) bond motifs is 1. The quantitative estimate of drug-likeness (QED) is 0.0988. The second-order valence-electron chi connectivity index (χ2n) is 13.1. The van der Waals surface area contributed by atoms with Crippen LogP contribution in [0.2, 0.25) is 10.0 Å². The highest BCUT2D eigenvalue weighted by atomic mass is 35.5. The van der Waals surface area contributed by atoms with Gasteiger partial charge in [-0.15, -0.1) is 0 Å². The number of aromatic amines is 1. The topological polar surface area (TPSA) is 114 Å². The highest BCUT2D eigenvalue weighted by molar-refractivity contribution is 6.42. The number of aromatic nitrogens is 2. The number of likely N-dealkylation sites (tertiary alicyclic amines) is 2. The van der Waals surface area contributed by atoms with Crippen molar-refractivity contribution >= 4 is 51.9 Å². The number of esters is 1. The molecule has 10 nitrogen and oxygen atoms in total. The largest absolute Gasteiger partial charge is 0.496 e. The van der Waals surface area contributed by atoms with Gasteiger partial charge in [0.15, 0.2) is 17.3 Å². The molecule has 3 aromatic carbocycles. The van der Waals surface area contributed by atoms with Crippen molar-refractivity contribution < 1.29 is 28.6 Å². The molecule has 3 heterocycles. The lowest BCUT2D eigenvalue weighted by Gasteiger charge is -2.36. The lowest BCUT2D eigenvalue weighted by atomic mass is 9.76. The number of amides is 1. The summed E-state index contributed by atoms with van der Waals surface area (Å²) in [6.07, 6.45) is 3.49. The predicted octanol–water partition coefficient (Wildman–Crippen LogP) is 7.14. The first kappa shape index (κ1) is 35.7. The number of halogens is 2. The molecule has 1 N–H and O–H groups in total. The smallest absolute Gasteiger partial charge is 0.308 e. The minimum atomic E-state index is -0.556. The summed E-state index contributed by atoms with van der Waals surface area (Å²) in [6.45, 7) is 6.48. The second-order valence-corrected chi connectivity index (χ2v) is 13.9. The summed E-state index contributed by atoms with van der Waals surface area (Å²) in [6, 6.07) is 15.0. The first-order chi connectivity index (χ1) is 24.1. The number of piperidine rings is 1. The standard InChI is InChI=1S/C38H42Cl2N4O6/c1-5-26-32(48-3)21-27(35(34(26)49-4)50-23(2)45)37(47)44-19-15-38(22-44,25-10-11-28(39)29(40)20-25)14-18-43-16-12-24(13-17-43)33(46)36-41-30-8-6-7-9-31(30)42-36/h6-11,20-21,24H,5,12-19,22H2,1-4H3,(H,41,42). The van der Waals surface area contributed by atoms with Crippen LogP contribution in [0.5, 0.6) is 17.2 Å². The van der Waals surface area contributed by atoms with Gasteiger partial charge in [-0.1, -0.05) is 48.3 Å². The fourth-order valence-corrected chi connectivity index (χ4v) is 7.77. The van der Waals surface area contributed by atoms with Crippen molar-refractivity contribution in [2.24, 2.45) is 5.92 Å². The third-order valence-corrected chi connectivity index (χ3v) is 11.0. The molecule has 0 bridgehead atoms. The average molecular weight is 722 g/mol. The van der Waals surface area contributed by atoms with Gasteiger partial charge in [0, 0.05) is 36.9 Å². The van der Waals surface area contributed by atoms with Crippen LogP contribution < -0.4 is 14.2 Å². The van der Waals surface area contributed by atoms with Crippen molar-refractivity contribution in [2.45, 2.75) is 51.4 Å². The van der Waals surface area contributed by atoms with Gasteiger partial charge in [-0.2, -0.15) is 0 Å². The van der Waals surface area contributed by atoms with Gasteiger partial charge in [-0.3, -0.25) is 14.4 Å². The van der Waals surface area contributed by atoms with Crippen LogP contribution in [0.15, 0.2) is 48.5 Å². The number of benzene rings is 3. The molecule has 1 amide bonds. The number of rotatable bonds is 11. The Morgan fingerprint density at radius 3 is 2.40 bits per heavy atom. The van der Waals surface area contributed by atoms with E-state index in [0.717, 1.165) is 55.5 Å². The van der Waals surface area contributed by atoms with Gasteiger partial charge in [-0.25, -0.2) is 4.98 Å². The molecular weight excluding hydrogens is 679 g/mol. The Labute approximate surface area is 302 Å². The van der Waals surface area contributed by atoms with E-state index in [1.165, 1.54) is 21.1 Å². The second kappa shape index (κ2) is 15.0. The van der Waals surface area contributed by atoms with E-state index in [4.69, 9.17) is 37.4 Å². The summed E-state index contributed by atoms with van der Waals surface area (Å²) in [5.41, 5.74) is 3.16. The van der Waals surface area contributed by atoms with Crippen molar-refractivity contribution in [3.63, 3.8) is 0 Å². The summed E-state index contributed by atoms with van der Waals surface area (Å²) in [5, 5.41) is 0.925. The number of nitrogens with zero attached hydrogens (tertiary/aromatic N) is 3. The molecule has 264 valence electrons. The van der Waals surface area contributed by atoms with Gasteiger partial charge in [0.2, 0.25) is 5.78 Å². The number of para-hydroxylation sites is 2. The van der Waals surface area contributed by atoms with Crippen LogP contribution in [-0.4, -0.2) is 84.4 Å². The first-order valence-electron chi connectivity index (χ1n) is 17.0. The van der Waals surface area contributed by atoms with Crippen LogP contribution in [-0.2, 0) is 16.6 Å². The van der Waals surface area contributed by atoms with E-state index in [9.17, 15) is 14.4 Å². The summed E-state index contributed by atoms with van der Waals surface area (Å²) in [4.78, 5) is 51.8. The van der Waals surface area contributed by atoms with E-state index in [0.29, 0.717) is 58.9 Å². The molecule has 2 fully saturated rings. The summed E-state index contributed by atoms with van der Waals surface area (Å²) >= 11 is 12.9. The molecule has 0 saturated carbocycles. The molecule has 0 aliphatic carbocycles. The predicted molar refractivity (Wildman–Crippen MR) is 193 cm³/mol. The van der Waals surface area contributed by atoms with Gasteiger partial charge in [0.1, 0.15) is 5.75 Å². The van der Waals surface area contributed by atoms with Crippen molar-refractivity contribution in [1.29, 1.82) is 0 Å². The number of ether oxygens (including phenoxy) is 3. The Kier molecular flexibility index (Phi) is 10.7. The van der Waals surface area contributed by atoms with Crippen LogP contribution in [0, 0.1) is 5.92 Å². The van der Waals surface area contributed by atoms with E-state index in [1.54, 1.807) is 17.0 Å². The Balaban J connectivity index is 1.21. The van der Waals surface area contributed by atoms with Gasteiger partial charge in [-0.05, 0) is 87.6 Å². The molecular formula is C38H42Cl2N4O6. The molecule has 1 aromatic heterocycles. The number of carbonyl (C=O) groups is 3. The lowest BCUT2D eigenvalue weighted by Crippen LogP contribution is -2.41. The maximum atomic E-state index is 14.3. The van der Waals surface area contributed by atoms with Gasteiger partial charge < -0.3 is 29.0 Å². The molecule has 1 unspecified atom stereocenters. The van der Waals surface area contributed by atoms with Crippen LogP contribution in [0.4, 0.5) is 0 Å². The van der Waals surface area contributed by atoms with E-state index < -0.39 is 11.4 Å². The van der Waals surface area contributed by atoms with E-state index >= 15 is 0 Å². The normalized spacial score (nSPS) is 18.4. The number of hydrogen-bond donors (Lipinski definition) is 1. The van der Waals surface area contributed by atoms with Crippen molar-refractivity contribution in [3.8, 4) is 17.2 Å². The average Bonchev–Trinajstić information content (AvgIpc) is 3.77. The van der Waals surface area contributed by atoms with Crippen molar-refractivity contribution in [1.82, 2.24) is 19.8 Å². The zero-order chi connectivity index (χ0) is 35.6. The third kappa shape index (κ3) is 7.06. The molecule has 2 aliphatic rings. The summed E-state index contributed by atoms with van der Waals surface area (Å²) in [5.74, 6) is 0.446. The Morgan fingerprint density at radius 2 is 1.74 bits per heavy atom. The monoisotopic (exact) mass is 720 g/mol. The maximum Gasteiger partial charge on any atom is 0.308 e. The minimum absolute atomic E-state index is 0.0615. The number of hydrogen-bond acceptors (Lipinski definition) is 8. The minimum Gasteiger partial charge on any atom is -0.496 e. The number of ketones is 1. The Bertz CT molecular complexity index is 1890. The van der Waals surface area contributed by atoms with E-state index in [-0.39, 0.29) is 28.9 Å². The van der Waals surface area contributed by atoms with E-state index in [2.05, 4.69) is 14.9 Å². The van der Waals surface area contributed by atoms with Crippen LogP contribution in [0.25, 0.3) is 11.0 Å². The van der Waals surface area contributed by atoms with Crippen molar-refractivity contribution in [3.05, 3.63) is 81.1 Å². The molecule has 4 aromatic rings. The Hall–Kier alpha value is -4.12. The number of methoxy groups -OCH3 is 2. The molecule has 1 atom stereocenters. The third-order valence-electron chi connectivity index (χ3n) is 10.2. The highest BCUT2D eigenvalue weighted by Gasteiger charge is 2.43. The zero-order valence-corrected chi connectivity index (χ0v) is 30.3. The maximum absolute atomic E-state index is 14.3. The molecule has 2 aliphatic heterocycles. The van der Waals surface area contributed by atoms with Gasteiger partial charge in [0.05, 0.1) is 40.9 Å². The van der Waals surface area contributed by atoms with Crippen LogP contribution in [0.3, 0.4) is 0 Å². The zero-order valence-electron chi connectivity index (χ0n) is 28.8. The first-order valence-corrected chi connectivity index (χ1v) is 17.8. The number of H-pyrrole nitrogens is 1. The molecule has 50 heavy (non-hydrogen) atoms. The fourth-order valence-electron chi connectivity index (χ4n) is 7.47. The van der Waals surface area contributed by atoms with Crippen LogP contribution >= 0.6 is 23.2 Å². The molecule has 0 radical (unpaired) electrons. The number of nitrogens with one attached hydrogen (secondary N) is 1. The number of imidazole rings is 1. The molecule has 0 spiro atoms. The highest BCUT2D eigenvalue weighted by Crippen LogP contribution is 2.45. The molecule has 6 rings (SSSR count). The lowest BCUT2D eigenvalue weighted by molar-refractivity contribution is -0.132.